The molecule has 0 heterocycles. The summed E-state index contributed by atoms with van der Waals surface area (Å²) in [7, 11) is 3.38. The van der Waals surface area contributed by atoms with Gasteiger partial charge in [0, 0.05) is 23.9 Å². The number of hydrogen-bond donors (Lipinski definition) is 1. The molecule has 0 bridgehead atoms. The van der Waals surface area contributed by atoms with Crippen molar-refractivity contribution in [2.45, 2.75) is 6.54 Å². The van der Waals surface area contributed by atoms with Crippen LogP contribution in [-0.4, -0.2) is 14.2 Å². The van der Waals surface area contributed by atoms with Gasteiger partial charge in [-0.25, -0.2) is 0 Å². The Morgan fingerprint density at radius 2 is 1.73 bits per heavy atom. The van der Waals surface area contributed by atoms with E-state index in [1.54, 1.807) is 14.2 Å². The lowest BCUT2D eigenvalue weighted by Gasteiger charge is -2.14. The zero-order valence-corrected chi connectivity index (χ0v) is 12.8. The minimum absolute atomic E-state index is 0.692. The van der Waals surface area contributed by atoms with Crippen LogP contribution in [0.4, 0.5) is 5.69 Å². The molecule has 0 aromatic heterocycles. The summed E-state index contributed by atoms with van der Waals surface area (Å²) in [6, 6.07) is 20.4. The molecule has 0 fully saturated rings. The first kappa shape index (κ1) is 14.3. The Morgan fingerprint density at radius 1 is 0.864 bits per heavy atom. The first-order valence-corrected chi connectivity index (χ1v) is 7.24. The van der Waals surface area contributed by atoms with Gasteiger partial charge in [0.2, 0.25) is 0 Å². The summed E-state index contributed by atoms with van der Waals surface area (Å²) in [5.74, 6) is 1.74. The van der Waals surface area contributed by atoms with Crippen LogP contribution in [0.1, 0.15) is 5.56 Å². The lowest BCUT2D eigenvalue weighted by Crippen LogP contribution is -2.02. The molecule has 0 radical (unpaired) electrons. The largest absolute Gasteiger partial charge is 0.497 e. The van der Waals surface area contributed by atoms with Crippen LogP contribution in [0.15, 0.2) is 60.7 Å². The van der Waals surface area contributed by atoms with Crippen LogP contribution in [0, 0.1) is 0 Å². The van der Waals surface area contributed by atoms with E-state index in [0.29, 0.717) is 6.54 Å². The summed E-state index contributed by atoms with van der Waals surface area (Å²) in [4.78, 5) is 0. The summed E-state index contributed by atoms with van der Waals surface area (Å²) in [5.41, 5.74) is 2.18. The van der Waals surface area contributed by atoms with Crippen molar-refractivity contribution in [3.63, 3.8) is 0 Å². The predicted octanol–water partition coefficient (Wildman–Crippen LogP) is 4.47. The second kappa shape index (κ2) is 6.39. The van der Waals surface area contributed by atoms with Crippen molar-refractivity contribution >= 4 is 16.5 Å². The summed E-state index contributed by atoms with van der Waals surface area (Å²) in [6.07, 6.45) is 0. The number of nitrogens with one attached hydrogen (secondary N) is 1. The SMILES string of the molecule is COc1cccc(NCc2c(OC)ccc3ccccc23)c1. The molecule has 22 heavy (non-hydrogen) atoms. The zero-order valence-electron chi connectivity index (χ0n) is 12.8. The fraction of sp³-hybridized carbons (Fsp3) is 0.158. The van der Waals surface area contributed by atoms with E-state index in [-0.39, 0.29) is 0 Å². The van der Waals surface area contributed by atoms with Crippen LogP contribution in [0.3, 0.4) is 0 Å². The van der Waals surface area contributed by atoms with Gasteiger partial charge in [0.15, 0.2) is 0 Å². The van der Waals surface area contributed by atoms with Crippen LogP contribution >= 0.6 is 0 Å². The molecule has 0 amide bonds. The molecule has 0 saturated heterocycles. The van der Waals surface area contributed by atoms with E-state index in [0.717, 1.165) is 22.7 Å². The first-order chi connectivity index (χ1) is 10.8. The molecule has 0 aliphatic heterocycles. The number of hydrogen-bond acceptors (Lipinski definition) is 3. The van der Waals surface area contributed by atoms with Crippen LogP contribution in [0.2, 0.25) is 0 Å². The third-order valence-electron chi connectivity index (χ3n) is 3.76. The first-order valence-electron chi connectivity index (χ1n) is 7.24. The number of methoxy groups -OCH3 is 2. The summed E-state index contributed by atoms with van der Waals surface area (Å²) >= 11 is 0. The van der Waals surface area contributed by atoms with Crippen molar-refractivity contribution in [1.82, 2.24) is 0 Å². The van der Waals surface area contributed by atoms with Gasteiger partial charge in [0.05, 0.1) is 14.2 Å². The van der Waals surface area contributed by atoms with Gasteiger partial charge in [0.25, 0.3) is 0 Å². The normalized spacial score (nSPS) is 10.5. The maximum absolute atomic E-state index is 5.52. The zero-order chi connectivity index (χ0) is 15.4. The lowest BCUT2D eigenvalue weighted by molar-refractivity contribution is 0.411. The average molecular weight is 293 g/mol. The highest BCUT2D eigenvalue weighted by molar-refractivity contribution is 5.88. The Morgan fingerprint density at radius 3 is 2.55 bits per heavy atom. The van der Waals surface area contributed by atoms with Gasteiger partial charge < -0.3 is 14.8 Å². The summed E-state index contributed by atoms with van der Waals surface area (Å²) in [6.45, 7) is 0.692. The summed E-state index contributed by atoms with van der Waals surface area (Å²) in [5, 5.41) is 5.86. The van der Waals surface area contributed by atoms with Gasteiger partial charge in [-0.05, 0) is 29.0 Å². The van der Waals surface area contributed by atoms with Crippen LogP contribution < -0.4 is 14.8 Å². The fourth-order valence-corrected chi connectivity index (χ4v) is 2.61. The Labute approximate surface area is 130 Å². The topological polar surface area (TPSA) is 30.5 Å². The van der Waals surface area contributed by atoms with Gasteiger partial charge in [-0.2, -0.15) is 0 Å². The van der Waals surface area contributed by atoms with E-state index >= 15 is 0 Å². The molecule has 0 saturated carbocycles. The average Bonchev–Trinajstić information content (AvgIpc) is 2.59. The number of rotatable bonds is 5. The second-order valence-electron chi connectivity index (χ2n) is 5.05. The van der Waals surface area contributed by atoms with Crippen LogP contribution in [-0.2, 0) is 6.54 Å². The minimum atomic E-state index is 0.692. The monoisotopic (exact) mass is 293 g/mol. The number of anilines is 1. The van der Waals surface area contributed by atoms with Crippen molar-refractivity contribution < 1.29 is 9.47 Å². The smallest absolute Gasteiger partial charge is 0.124 e. The van der Waals surface area contributed by atoms with E-state index in [9.17, 15) is 0 Å². The Hall–Kier alpha value is -2.68. The second-order valence-corrected chi connectivity index (χ2v) is 5.05. The molecule has 112 valence electrons. The fourth-order valence-electron chi connectivity index (χ4n) is 2.61. The highest BCUT2D eigenvalue weighted by Gasteiger charge is 2.08. The molecule has 1 N–H and O–H groups in total. The van der Waals surface area contributed by atoms with Crippen molar-refractivity contribution in [3.05, 3.63) is 66.2 Å². The van der Waals surface area contributed by atoms with E-state index < -0.39 is 0 Å². The van der Waals surface area contributed by atoms with E-state index in [4.69, 9.17) is 9.47 Å². The molecule has 0 aliphatic rings. The molecule has 3 heteroatoms. The molecule has 3 aromatic carbocycles. The molecular formula is C19H19NO2. The predicted molar refractivity (Wildman–Crippen MR) is 90.8 cm³/mol. The van der Waals surface area contributed by atoms with Crippen LogP contribution in [0.5, 0.6) is 11.5 Å². The van der Waals surface area contributed by atoms with Crippen molar-refractivity contribution in [2.75, 3.05) is 19.5 Å². The third kappa shape index (κ3) is 2.84. The van der Waals surface area contributed by atoms with Gasteiger partial charge >= 0.3 is 0 Å². The Balaban J connectivity index is 1.92. The Kier molecular flexibility index (Phi) is 4.15. The highest BCUT2D eigenvalue weighted by Crippen LogP contribution is 2.29. The van der Waals surface area contributed by atoms with Crippen molar-refractivity contribution in [2.24, 2.45) is 0 Å². The molecule has 3 aromatic rings. The van der Waals surface area contributed by atoms with Crippen molar-refractivity contribution in [1.29, 1.82) is 0 Å². The minimum Gasteiger partial charge on any atom is -0.497 e. The molecule has 3 nitrogen and oxygen atoms in total. The molecule has 0 atom stereocenters. The molecule has 0 spiro atoms. The van der Waals surface area contributed by atoms with Crippen LogP contribution in [0.25, 0.3) is 10.8 Å². The number of benzene rings is 3. The molecule has 3 rings (SSSR count). The third-order valence-corrected chi connectivity index (χ3v) is 3.76. The van der Waals surface area contributed by atoms with Gasteiger partial charge in [-0.15, -0.1) is 0 Å². The van der Waals surface area contributed by atoms with Gasteiger partial charge in [-0.1, -0.05) is 36.4 Å². The lowest BCUT2D eigenvalue weighted by atomic mass is 10.0. The Bertz CT molecular complexity index is 783. The number of ether oxygens (including phenoxy) is 2. The van der Waals surface area contributed by atoms with E-state index in [1.165, 1.54) is 10.8 Å². The molecular weight excluding hydrogens is 274 g/mol. The quantitative estimate of drug-likeness (QED) is 0.753. The van der Waals surface area contributed by atoms with Gasteiger partial charge in [0.1, 0.15) is 11.5 Å². The standard InChI is InChI=1S/C19H19NO2/c1-21-16-8-5-7-15(12-16)20-13-18-17-9-4-3-6-14(17)10-11-19(18)22-2/h3-12,20H,13H2,1-2H3. The van der Waals surface area contributed by atoms with E-state index in [2.05, 4.69) is 29.6 Å². The molecule has 0 unspecified atom stereocenters. The highest BCUT2D eigenvalue weighted by atomic mass is 16.5. The van der Waals surface area contributed by atoms with E-state index in [1.807, 2.05) is 36.4 Å². The number of fused-ring (bicyclic) bond motifs is 1. The maximum atomic E-state index is 5.52. The molecule has 0 aliphatic carbocycles. The maximum Gasteiger partial charge on any atom is 0.124 e. The van der Waals surface area contributed by atoms with Crippen molar-refractivity contribution in [3.8, 4) is 11.5 Å². The summed E-state index contributed by atoms with van der Waals surface area (Å²) < 4.78 is 10.8. The van der Waals surface area contributed by atoms with Gasteiger partial charge in [-0.3, -0.25) is 0 Å².